The van der Waals surface area contributed by atoms with Gasteiger partial charge >= 0.3 is 6.18 Å². The molecular weight excluding hydrogens is 263 g/mol. The van der Waals surface area contributed by atoms with Gasteiger partial charge in [0.1, 0.15) is 0 Å². The zero-order chi connectivity index (χ0) is 13.8. The van der Waals surface area contributed by atoms with Crippen molar-refractivity contribution in [1.82, 2.24) is 0 Å². The van der Waals surface area contributed by atoms with E-state index in [-0.39, 0.29) is 6.04 Å². The molecule has 18 heavy (non-hydrogen) atoms. The van der Waals surface area contributed by atoms with Gasteiger partial charge in [0.25, 0.3) is 0 Å². The molecule has 0 aliphatic rings. The summed E-state index contributed by atoms with van der Waals surface area (Å²) in [4.78, 5) is 0. The number of hydrogen-bond acceptors (Lipinski definition) is 1. The van der Waals surface area contributed by atoms with Crippen molar-refractivity contribution >= 4 is 17.3 Å². The van der Waals surface area contributed by atoms with Crippen molar-refractivity contribution in [3.8, 4) is 0 Å². The molecule has 0 heterocycles. The van der Waals surface area contributed by atoms with Crippen LogP contribution in [0.4, 0.5) is 18.9 Å². The van der Waals surface area contributed by atoms with Crippen LogP contribution in [0.15, 0.2) is 24.3 Å². The van der Waals surface area contributed by atoms with Gasteiger partial charge in [0.2, 0.25) is 0 Å². The number of anilines is 1. The second-order valence-corrected chi connectivity index (χ2v) is 4.93. The number of benzene rings is 1. The summed E-state index contributed by atoms with van der Waals surface area (Å²) in [6, 6.07) is 5.24. The fourth-order valence-electron chi connectivity index (χ4n) is 1.66. The second-order valence-electron chi connectivity index (χ2n) is 4.55. The average molecular weight is 280 g/mol. The normalized spacial score (nSPS) is 13.7. The highest BCUT2D eigenvalue weighted by molar-refractivity contribution is 6.17. The Morgan fingerprint density at radius 2 is 1.72 bits per heavy atom. The van der Waals surface area contributed by atoms with Crippen LogP contribution in [0.2, 0.25) is 0 Å². The molecule has 0 saturated heterocycles. The molecule has 0 aliphatic heterocycles. The molecule has 5 heteroatoms. The van der Waals surface area contributed by atoms with Gasteiger partial charge in [-0.3, -0.25) is 0 Å². The van der Waals surface area contributed by atoms with E-state index in [1.54, 1.807) is 0 Å². The molecule has 0 bridgehead atoms. The van der Waals surface area contributed by atoms with E-state index in [1.807, 2.05) is 13.8 Å². The van der Waals surface area contributed by atoms with E-state index >= 15 is 0 Å². The SMILES string of the molecule is CC(C)C(CCCl)Nc1ccc(C(F)(F)F)cc1. The summed E-state index contributed by atoms with van der Waals surface area (Å²) in [5, 5.41) is 3.21. The summed E-state index contributed by atoms with van der Waals surface area (Å²) in [5.74, 6) is 0.891. The first-order valence-electron chi connectivity index (χ1n) is 5.84. The summed E-state index contributed by atoms with van der Waals surface area (Å²) in [7, 11) is 0. The van der Waals surface area contributed by atoms with Crippen LogP contribution >= 0.6 is 11.6 Å². The molecule has 1 nitrogen and oxygen atoms in total. The van der Waals surface area contributed by atoms with Gasteiger partial charge in [-0.25, -0.2) is 0 Å². The Labute approximate surface area is 110 Å². The minimum Gasteiger partial charge on any atom is -0.382 e. The Kier molecular flexibility index (Phi) is 5.32. The Bertz CT molecular complexity index is 359. The molecule has 1 atom stereocenters. The maximum absolute atomic E-state index is 12.4. The molecule has 0 saturated carbocycles. The third-order valence-electron chi connectivity index (χ3n) is 2.79. The second kappa shape index (κ2) is 6.32. The number of rotatable bonds is 5. The Balaban J connectivity index is 2.73. The van der Waals surface area contributed by atoms with Gasteiger partial charge in [0, 0.05) is 17.6 Å². The Hall–Kier alpha value is -0.900. The number of nitrogens with one attached hydrogen (secondary N) is 1. The predicted octanol–water partition coefficient (Wildman–Crippen LogP) is 4.77. The Morgan fingerprint density at radius 3 is 2.11 bits per heavy atom. The molecule has 1 aromatic rings. The zero-order valence-electron chi connectivity index (χ0n) is 10.4. The van der Waals surface area contributed by atoms with Gasteiger partial charge < -0.3 is 5.32 Å². The molecule has 0 aliphatic carbocycles. The van der Waals surface area contributed by atoms with E-state index in [0.29, 0.717) is 17.5 Å². The molecule has 0 amide bonds. The quantitative estimate of drug-likeness (QED) is 0.766. The average Bonchev–Trinajstić information content (AvgIpc) is 2.28. The van der Waals surface area contributed by atoms with Crippen molar-refractivity contribution in [2.45, 2.75) is 32.5 Å². The van der Waals surface area contributed by atoms with Crippen molar-refractivity contribution in [1.29, 1.82) is 0 Å². The Morgan fingerprint density at radius 1 is 1.17 bits per heavy atom. The third kappa shape index (κ3) is 4.41. The fourth-order valence-corrected chi connectivity index (χ4v) is 1.89. The van der Waals surface area contributed by atoms with Gasteiger partial charge in [-0.2, -0.15) is 13.2 Å². The van der Waals surface area contributed by atoms with E-state index in [4.69, 9.17) is 11.6 Å². The number of halogens is 4. The highest BCUT2D eigenvalue weighted by Gasteiger charge is 2.30. The van der Waals surface area contributed by atoms with E-state index in [9.17, 15) is 13.2 Å². The first-order valence-corrected chi connectivity index (χ1v) is 6.38. The molecule has 0 radical (unpaired) electrons. The van der Waals surface area contributed by atoms with Gasteiger partial charge in [-0.05, 0) is 36.6 Å². The van der Waals surface area contributed by atoms with E-state index in [0.717, 1.165) is 18.6 Å². The molecule has 0 aromatic heterocycles. The minimum absolute atomic E-state index is 0.166. The largest absolute Gasteiger partial charge is 0.416 e. The predicted molar refractivity (Wildman–Crippen MR) is 69.0 cm³/mol. The van der Waals surface area contributed by atoms with Crippen LogP contribution in [0.25, 0.3) is 0 Å². The van der Waals surface area contributed by atoms with Crippen molar-refractivity contribution < 1.29 is 13.2 Å². The standard InChI is InChI=1S/C13H17ClF3N/c1-9(2)12(7-8-14)18-11-5-3-10(4-6-11)13(15,16)17/h3-6,9,12,18H,7-8H2,1-2H3. The maximum atomic E-state index is 12.4. The lowest BCUT2D eigenvalue weighted by Crippen LogP contribution is -2.26. The maximum Gasteiger partial charge on any atom is 0.416 e. The summed E-state index contributed by atoms with van der Waals surface area (Å²) in [6.45, 7) is 4.10. The van der Waals surface area contributed by atoms with Crippen molar-refractivity contribution in [3.05, 3.63) is 29.8 Å². The van der Waals surface area contributed by atoms with Crippen LogP contribution in [-0.2, 0) is 6.18 Å². The first kappa shape index (κ1) is 15.2. The van der Waals surface area contributed by atoms with Gasteiger partial charge in [-0.1, -0.05) is 13.8 Å². The molecule has 0 spiro atoms. The monoisotopic (exact) mass is 279 g/mol. The summed E-state index contributed by atoms with van der Waals surface area (Å²) >= 11 is 5.70. The van der Waals surface area contributed by atoms with Gasteiger partial charge in [0.15, 0.2) is 0 Å². The third-order valence-corrected chi connectivity index (χ3v) is 3.01. The van der Waals surface area contributed by atoms with E-state index in [1.165, 1.54) is 12.1 Å². The molecule has 1 rings (SSSR count). The van der Waals surface area contributed by atoms with Crippen LogP contribution in [0.3, 0.4) is 0 Å². The van der Waals surface area contributed by atoms with Crippen molar-refractivity contribution in [2.75, 3.05) is 11.2 Å². The van der Waals surface area contributed by atoms with Crippen LogP contribution in [0, 0.1) is 5.92 Å². The van der Waals surface area contributed by atoms with Crippen LogP contribution < -0.4 is 5.32 Å². The van der Waals surface area contributed by atoms with Crippen LogP contribution in [0.5, 0.6) is 0 Å². The first-order chi connectivity index (χ1) is 8.34. The van der Waals surface area contributed by atoms with Gasteiger partial charge in [0.05, 0.1) is 5.56 Å². The number of alkyl halides is 4. The summed E-state index contributed by atoms with van der Waals surface area (Å²) in [5.41, 5.74) is 0.0540. The lowest BCUT2D eigenvalue weighted by atomic mass is 10.0. The molecule has 102 valence electrons. The molecule has 1 unspecified atom stereocenters. The number of hydrogen-bond donors (Lipinski definition) is 1. The lowest BCUT2D eigenvalue weighted by Gasteiger charge is -2.23. The highest BCUT2D eigenvalue weighted by atomic mass is 35.5. The molecule has 1 N–H and O–H groups in total. The lowest BCUT2D eigenvalue weighted by molar-refractivity contribution is -0.137. The minimum atomic E-state index is -4.29. The van der Waals surface area contributed by atoms with Crippen LogP contribution in [-0.4, -0.2) is 11.9 Å². The highest BCUT2D eigenvalue weighted by Crippen LogP contribution is 2.30. The topological polar surface area (TPSA) is 12.0 Å². The smallest absolute Gasteiger partial charge is 0.382 e. The van der Waals surface area contributed by atoms with E-state index < -0.39 is 11.7 Å². The molecule has 1 aromatic carbocycles. The van der Waals surface area contributed by atoms with Crippen molar-refractivity contribution in [2.24, 2.45) is 5.92 Å². The summed E-state index contributed by atoms with van der Waals surface area (Å²) in [6.07, 6.45) is -3.51. The molecular formula is C13H17ClF3N. The van der Waals surface area contributed by atoms with E-state index in [2.05, 4.69) is 5.32 Å². The fraction of sp³-hybridized carbons (Fsp3) is 0.538. The van der Waals surface area contributed by atoms with Crippen molar-refractivity contribution in [3.63, 3.8) is 0 Å². The summed E-state index contributed by atoms with van der Waals surface area (Å²) < 4.78 is 37.2. The zero-order valence-corrected chi connectivity index (χ0v) is 11.1. The molecule has 0 fully saturated rings. The van der Waals surface area contributed by atoms with Crippen LogP contribution in [0.1, 0.15) is 25.8 Å². The van der Waals surface area contributed by atoms with Gasteiger partial charge in [-0.15, -0.1) is 11.6 Å².